The van der Waals surface area contributed by atoms with Gasteiger partial charge in [0.25, 0.3) is 0 Å². The molecule has 3 heterocycles. The van der Waals surface area contributed by atoms with E-state index in [9.17, 15) is 9.59 Å². The Hall–Kier alpha value is -1.67. The van der Waals surface area contributed by atoms with E-state index in [0.29, 0.717) is 29.7 Å². The van der Waals surface area contributed by atoms with Gasteiger partial charge in [0.1, 0.15) is 0 Å². The minimum atomic E-state index is -0.394. The smallest absolute Gasteiger partial charge is 0.317 e. The van der Waals surface area contributed by atoms with Crippen molar-refractivity contribution in [2.24, 2.45) is 5.92 Å². The molecule has 0 atom stereocenters. The van der Waals surface area contributed by atoms with E-state index in [2.05, 4.69) is 27.5 Å². The standard InChI is InChI=1S/C25H38ClN5O2/c1-29(13-2-3-19-6-11-27-12-7-19)21-8-14-30(15-9-21)18-20-4-5-22(26)23(17-20)31-16-10-24(32)28-25(31)33/h4-5,17,19,21,27H,2-3,6-16,18H2,1H3,(H,28,32,33). The molecule has 3 aliphatic rings. The predicted octanol–water partition coefficient (Wildman–Crippen LogP) is 3.46. The zero-order chi connectivity index (χ0) is 23.2. The molecular weight excluding hydrogens is 438 g/mol. The van der Waals surface area contributed by atoms with Crippen molar-refractivity contribution in [3.05, 3.63) is 28.8 Å². The number of anilines is 1. The van der Waals surface area contributed by atoms with Crippen molar-refractivity contribution in [2.75, 3.05) is 51.2 Å². The molecule has 1 aromatic carbocycles. The molecular formula is C25H38ClN5O2. The van der Waals surface area contributed by atoms with Crippen LogP contribution in [0.25, 0.3) is 0 Å². The Balaban J connectivity index is 1.23. The molecule has 0 aliphatic carbocycles. The zero-order valence-corrected chi connectivity index (χ0v) is 20.6. The molecule has 3 aliphatic heterocycles. The number of piperidine rings is 2. The largest absolute Gasteiger partial charge is 0.328 e. The van der Waals surface area contributed by atoms with Gasteiger partial charge in [-0.1, -0.05) is 17.7 Å². The number of halogens is 1. The van der Waals surface area contributed by atoms with Gasteiger partial charge in [-0.2, -0.15) is 0 Å². The van der Waals surface area contributed by atoms with Crippen LogP contribution in [0.2, 0.25) is 5.02 Å². The molecule has 8 heteroatoms. The summed E-state index contributed by atoms with van der Waals surface area (Å²) in [4.78, 5) is 30.3. The van der Waals surface area contributed by atoms with E-state index in [4.69, 9.17) is 11.6 Å². The molecule has 0 saturated carbocycles. The van der Waals surface area contributed by atoms with Crippen LogP contribution in [0.5, 0.6) is 0 Å². The van der Waals surface area contributed by atoms with Gasteiger partial charge in [0.2, 0.25) is 5.91 Å². The molecule has 0 unspecified atom stereocenters. The first kappa shape index (κ1) is 24.5. The van der Waals surface area contributed by atoms with Gasteiger partial charge in [0.05, 0.1) is 10.7 Å². The molecule has 2 N–H and O–H groups in total. The lowest BCUT2D eigenvalue weighted by Crippen LogP contribution is -2.49. The minimum absolute atomic E-state index is 0.234. The fourth-order valence-electron chi connectivity index (χ4n) is 5.42. The van der Waals surface area contributed by atoms with Crippen molar-refractivity contribution in [3.63, 3.8) is 0 Å². The molecule has 0 aromatic heterocycles. The summed E-state index contributed by atoms with van der Waals surface area (Å²) in [6, 6.07) is 6.17. The second-order valence-electron chi connectivity index (χ2n) is 9.86. The average Bonchev–Trinajstić information content (AvgIpc) is 2.82. The van der Waals surface area contributed by atoms with Crippen LogP contribution in [0, 0.1) is 5.92 Å². The third-order valence-electron chi connectivity index (χ3n) is 7.52. The van der Waals surface area contributed by atoms with Crippen LogP contribution in [0.4, 0.5) is 10.5 Å². The van der Waals surface area contributed by atoms with Crippen molar-refractivity contribution in [2.45, 2.75) is 57.5 Å². The number of urea groups is 1. The first-order valence-electron chi connectivity index (χ1n) is 12.5. The van der Waals surface area contributed by atoms with Crippen LogP contribution in [-0.4, -0.2) is 74.1 Å². The number of hydrogen-bond acceptors (Lipinski definition) is 5. The second-order valence-corrected chi connectivity index (χ2v) is 10.3. The molecule has 3 saturated heterocycles. The summed E-state index contributed by atoms with van der Waals surface area (Å²) in [6.45, 7) is 6.97. The topological polar surface area (TPSA) is 67.9 Å². The van der Waals surface area contributed by atoms with E-state index in [0.717, 1.165) is 31.1 Å². The van der Waals surface area contributed by atoms with E-state index in [1.165, 1.54) is 58.2 Å². The molecule has 33 heavy (non-hydrogen) atoms. The monoisotopic (exact) mass is 475 g/mol. The third-order valence-corrected chi connectivity index (χ3v) is 7.84. The zero-order valence-electron chi connectivity index (χ0n) is 19.8. The average molecular weight is 476 g/mol. The quantitative estimate of drug-likeness (QED) is 0.602. The van der Waals surface area contributed by atoms with Crippen molar-refractivity contribution >= 4 is 29.2 Å². The molecule has 3 fully saturated rings. The molecule has 4 rings (SSSR count). The minimum Gasteiger partial charge on any atom is -0.317 e. The summed E-state index contributed by atoms with van der Waals surface area (Å²) in [6.07, 6.45) is 8.05. The fraction of sp³-hybridized carbons (Fsp3) is 0.680. The molecule has 1 aromatic rings. The highest BCUT2D eigenvalue weighted by Gasteiger charge is 2.27. The number of hydrogen-bond donors (Lipinski definition) is 2. The lowest BCUT2D eigenvalue weighted by molar-refractivity contribution is -0.120. The highest BCUT2D eigenvalue weighted by molar-refractivity contribution is 6.34. The summed E-state index contributed by atoms with van der Waals surface area (Å²) < 4.78 is 0. The lowest BCUT2D eigenvalue weighted by atomic mass is 9.93. The van der Waals surface area contributed by atoms with E-state index in [-0.39, 0.29) is 5.91 Å². The normalized spacial score (nSPS) is 21.6. The summed E-state index contributed by atoms with van der Waals surface area (Å²) in [5.74, 6) is 0.685. The summed E-state index contributed by atoms with van der Waals surface area (Å²) >= 11 is 6.39. The van der Waals surface area contributed by atoms with Crippen molar-refractivity contribution < 1.29 is 9.59 Å². The number of rotatable bonds is 8. The van der Waals surface area contributed by atoms with Gasteiger partial charge in [-0.25, -0.2) is 4.79 Å². The van der Waals surface area contributed by atoms with E-state index in [1.54, 1.807) is 4.90 Å². The van der Waals surface area contributed by atoms with Gasteiger partial charge >= 0.3 is 6.03 Å². The maximum Gasteiger partial charge on any atom is 0.328 e. The first-order valence-corrected chi connectivity index (χ1v) is 12.9. The number of benzene rings is 1. The van der Waals surface area contributed by atoms with Gasteiger partial charge in [0.15, 0.2) is 0 Å². The van der Waals surface area contributed by atoms with E-state index < -0.39 is 6.03 Å². The number of imide groups is 1. The molecule has 0 radical (unpaired) electrons. The number of amides is 3. The lowest BCUT2D eigenvalue weighted by Gasteiger charge is -2.37. The Morgan fingerprint density at radius 2 is 1.85 bits per heavy atom. The Morgan fingerprint density at radius 1 is 1.09 bits per heavy atom. The van der Waals surface area contributed by atoms with Gasteiger partial charge < -0.3 is 10.2 Å². The Labute approximate surface area is 202 Å². The second kappa shape index (κ2) is 11.6. The highest BCUT2D eigenvalue weighted by Crippen LogP contribution is 2.29. The Morgan fingerprint density at radius 3 is 2.58 bits per heavy atom. The molecule has 0 spiro atoms. The number of nitrogens with one attached hydrogen (secondary N) is 2. The Bertz CT molecular complexity index is 821. The third kappa shape index (κ3) is 6.69. The van der Waals surface area contributed by atoms with Crippen LogP contribution >= 0.6 is 11.6 Å². The molecule has 0 bridgehead atoms. The SMILES string of the molecule is CN(CCCC1CCNCC1)C1CCN(Cc2ccc(Cl)c(N3CCC(=O)NC3=O)c2)CC1. The highest BCUT2D eigenvalue weighted by atomic mass is 35.5. The van der Waals surface area contributed by atoms with Crippen molar-refractivity contribution in [1.82, 2.24) is 20.4 Å². The van der Waals surface area contributed by atoms with Gasteiger partial charge in [0, 0.05) is 25.6 Å². The Kier molecular flexibility index (Phi) is 8.63. The predicted molar refractivity (Wildman–Crippen MR) is 133 cm³/mol. The summed E-state index contributed by atoms with van der Waals surface area (Å²) in [7, 11) is 2.29. The van der Waals surface area contributed by atoms with E-state index in [1.807, 2.05) is 18.2 Å². The fourth-order valence-corrected chi connectivity index (χ4v) is 5.64. The van der Waals surface area contributed by atoms with Crippen LogP contribution in [0.1, 0.15) is 50.5 Å². The number of nitrogens with zero attached hydrogens (tertiary/aromatic N) is 3. The summed E-state index contributed by atoms with van der Waals surface area (Å²) in [5, 5.41) is 6.37. The maximum absolute atomic E-state index is 12.2. The van der Waals surface area contributed by atoms with Crippen molar-refractivity contribution in [1.29, 1.82) is 0 Å². The molecule has 3 amide bonds. The van der Waals surface area contributed by atoms with Crippen LogP contribution in [-0.2, 0) is 11.3 Å². The first-order chi connectivity index (χ1) is 16.0. The van der Waals surface area contributed by atoms with E-state index >= 15 is 0 Å². The van der Waals surface area contributed by atoms with Crippen molar-refractivity contribution in [3.8, 4) is 0 Å². The summed E-state index contributed by atoms with van der Waals surface area (Å²) in [5.41, 5.74) is 1.83. The molecule has 7 nitrogen and oxygen atoms in total. The van der Waals surface area contributed by atoms with Gasteiger partial charge in [-0.15, -0.1) is 0 Å². The van der Waals surface area contributed by atoms with Crippen LogP contribution < -0.4 is 15.5 Å². The van der Waals surface area contributed by atoms with Gasteiger partial charge in [-0.05, 0) is 102 Å². The maximum atomic E-state index is 12.2. The number of carbonyl (C=O) groups excluding carboxylic acids is 2. The molecule has 182 valence electrons. The van der Waals surface area contributed by atoms with Gasteiger partial charge in [-0.3, -0.25) is 19.9 Å². The van der Waals surface area contributed by atoms with Crippen LogP contribution in [0.15, 0.2) is 18.2 Å². The number of carbonyl (C=O) groups is 2. The van der Waals surface area contributed by atoms with Crippen LogP contribution in [0.3, 0.4) is 0 Å². The number of likely N-dealkylation sites (tertiary alicyclic amines) is 1.